The topological polar surface area (TPSA) is 76.8 Å². The number of rotatable bonds is 4. The molecule has 1 aliphatic heterocycles. The molecule has 0 atom stereocenters. The molecule has 26 heavy (non-hydrogen) atoms. The van der Waals surface area contributed by atoms with Crippen LogP contribution in [0.4, 0.5) is 8.78 Å². The Balaban J connectivity index is 1.67. The van der Waals surface area contributed by atoms with E-state index in [4.69, 9.17) is 9.15 Å². The third-order valence-electron chi connectivity index (χ3n) is 4.10. The Labute approximate surface area is 149 Å². The molecule has 0 bridgehead atoms. The van der Waals surface area contributed by atoms with Crippen molar-refractivity contribution in [3.63, 3.8) is 0 Å². The second-order valence-electron chi connectivity index (χ2n) is 6.02. The minimum absolute atomic E-state index is 0.173. The zero-order valence-electron chi connectivity index (χ0n) is 13.9. The number of piperidine rings is 1. The van der Waals surface area contributed by atoms with Crippen molar-refractivity contribution in [1.82, 2.24) is 4.31 Å². The number of hydrogen-bond acceptors (Lipinski definition) is 5. The van der Waals surface area contributed by atoms with Crippen LogP contribution in [0.25, 0.3) is 0 Å². The van der Waals surface area contributed by atoms with Crippen LogP contribution in [0, 0.1) is 18.6 Å². The predicted octanol–water partition coefficient (Wildman–Crippen LogP) is 2.46. The number of benzene rings is 1. The summed E-state index contributed by atoms with van der Waals surface area (Å²) in [5.41, 5.74) is -0.515. The molecule has 6 nitrogen and oxygen atoms in total. The summed E-state index contributed by atoms with van der Waals surface area (Å²) in [4.78, 5) is 11.1. The van der Waals surface area contributed by atoms with Gasteiger partial charge in [0, 0.05) is 19.2 Å². The van der Waals surface area contributed by atoms with Gasteiger partial charge in [-0.05, 0) is 38.0 Å². The minimum atomic E-state index is -3.90. The molecule has 2 aromatic rings. The van der Waals surface area contributed by atoms with E-state index < -0.39 is 27.3 Å². The highest BCUT2D eigenvalue weighted by Gasteiger charge is 2.30. The van der Waals surface area contributed by atoms with E-state index in [0.717, 1.165) is 12.1 Å². The number of sulfonamides is 1. The highest BCUT2D eigenvalue weighted by molar-refractivity contribution is 7.89. The molecule has 0 radical (unpaired) electrons. The standard InChI is InChI=1S/C17H17F2NO5S/c1-11-8-13(9-17(21)24-11)25-12-4-6-20(7-5-12)26(22,23)14-2-3-15(18)16(19)10-14/h2-3,8-10,12H,4-7H2,1H3. The van der Waals surface area contributed by atoms with Crippen LogP contribution in [-0.2, 0) is 10.0 Å². The molecule has 2 heterocycles. The second-order valence-corrected chi connectivity index (χ2v) is 7.96. The Kier molecular flexibility index (Phi) is 5.10. The van der Waals surface area contributed by atoms with E-state index in [1.807, 2.05) is 0 Å². The summed E-state index contributed by atoms with van der Waals surface area (Å²) in [5.74, 6) is -1.51. The Morgan fingerprint density at radius 3 is 2.42 bits per heavy atom. The molecule has 1 aliphatic rings. The zero-order chi connectivity index (χ0) is 18.9. The summed E-state index contributed by atoms with van der Waals surface area (Å²) in [6.45, 7) is 1.98. The maximum absolute atomic E-state index is 13.3. The van der Waals surface area contributed by atoms with Gasteiger partial charge in [-0.1, -0.05) is 0 Å². The molecule has 0 aliphatic carbocycles. The van der Waals surface area contributed by atoms with E-state index in [2.05, 4.69) is 0 Å². The van der Waals surface area contributed by atoms with E-state index in [-0.39, 0.29) is 24.1 Å². The minimum Gasteiger partial charge on any atom is -0.490 e. The number of aryl methyl sites for hydroxylation is 1. The zero-order valence-corrected chi connectivity index (χ0v) is 14.8. The molecule has 0 saturated carbocycles. The number of halogens is 2. The summed E-state index contributed by atoms with van der Waals surface area (Å²) in [6, 6.07) is 5.34. The van der Waals surface area contributed by atoms with Crippen molar-refractivity contribution in [2.45, 2.75) is 30.8 Å². The van der Waals surface area contributed by atoms with E-state index in [1.54, 1.807) is 13.0 Å². The molecular formula is C17H17F2NO5S. The van der Waals surface area contributed by atoms with Gasteiger partial charge in [-0.25, -0.2) is 22.0 Å². The summed E-state index contributed by atoms with van der Waals surface area (Å²) in [7, 11) is -3.90. The molecule has 1 saturated heterocycles. The molecule has 0 spiro atoms. The lowest BCUT2D eigenvalue weighted by Gasteiger charge is -2.31. The normalized spacial score (nSPS) is 16.6. The van der Waals surface area contributed by atoms with Crippen LogP contribution in [0.2, 0.25) is 0 Å². The van der Waals surface area contributed by atoms with Gasteiger partial charge in [0.15, 0.2) is 11.6 Å². The van der Waals surface area contributed by atoms with Crippen LogP contribution in [0.1, 0.15) is 18.6 Å². The first-order valence-corrected chi connectivity index (χ1v) is 9.43. The van der Waals surface area contributed by atoms with Gasteiger partial charge in [-0.15, -0.1) is 0 Å². The Hall–Kier alpha value is -2.26. The van der Waals surface area contributed by atoms with Crippen molar-refractivity contribution in [2.24, 2.45) is 0 Å². The van der Waals surface area contributed by atoms with Crippen molar-refractivity contribution >= 4 is 10.0 Å². The van der Waals surface area contributed by atoms with Gasteiger partial charge in [-0.3, -0.25) is 0 Å². The lowest BCUT2D eigenvalue weighted by Crippen LogP contribution is -2.41. The highest BCUT2D eigenvalue weighted by atomic mass is 32.2. The fourth-order valence-electron chi connectivity index (χ4n) is 2.81. The Morgan fingerprint density at radius 2 is 1.81 bits per heavy atom. The average Bonchev–Trinajstić information content (AvgIpc) is 2.57. The van der Waals surface area contributed by atoms with Crippen LogP contribution in [0.15, 0.2) is 44.4 Å². The SMILES string of the molecule is Cc1cc(OC2CCN(S(=O)(=O)c3ccc(F)c(F)c3)CC2)cc(=O)o1. The second kappa shape index (κ2) is 7.16. The van der Waals surface area contributed by atoms with Crippen LogP contribution >= 0.6 is 0 Å². The van der Waals surface area contributed by atoms with E-state index in [9.17, 15) is 22.0 Å². The van der Waals surface area contributed by atoms with Crippen LogP contribution < -0.4 is 10.4 Å². The maximum Gasteiger partial charge on any atom is 0.339 e. The van der Waals surface area contributed by atoms with Gasteiger partial charge in [0.05, 0.1) is 11.0 Å². The van der Waals surface area contributed by atoms with Crippen molar-refractivity contribution in [3.05, 3.63) is 58.1 Å². The van der Waals surface area contributed by atoms with Gasteiger partial charge in [0.1, 0.15) is 17.6 Å². The first-order chi connectivity index (χ1) is 12.3. The van der Waals surface area contributed by atoms with Crippen molar-refractivity contribution < 1.29 is 26.4 Å². The molecule has 1 aromatic carbocycles. The molecule has 1 fully saturated rings. The van der Waals surface area contributed by atoms with Crippen LogP contribution in [0.5, 0.6) is 5.75 Å². The fourth-order valence-corrected chi connectivity index (χ4v) is 4.30. The van der Waals surface area contributed by atoms with E-state index in [1.165, 1.54) is 10.4 Å². The Morgan fingerprint density at radius 1 is 1.12 bits per heavy atom. The van der Waals surface area contributed by atoms with E-state index >= 15 is 0 Å². The lowest BCUT2D eigenvalue weighted by molar-refractivity contribution is 0.134. The predicted molar refractivity (Wildman–Crippen MR) is 88.5 cm³/mol. The first kappa shape index (κ1) is 18.5. The van der Waals surface area contributed by atoms with Gasteiger partial charge < -0.3 is 9.15 Å². The molecule has 9 heteroatoms. The van der Waals surface area contributed by atoms with Crippen LogP contribution in [-0.4, -0.2) is 31.9 Å². The maximum atomic E-state index is 13.3. The monoisotopic (exact) mass is 385 g/mol. The summed E-state index contributed by atoms with van der Waals surface area (Å²) in [6.07, 6.45) is 0.553. The Bertz CT molecular complexity index is 965. The number of hydrogen-bond donors (Lipinski definition) is 0. The van der Waals surface area contributed by atoms with Gasteiger partial charge in [0.2, 0.25) is 10.0 Å². The van der Waals surface area contributed by atoms with Gasteiger partial charge in [0.25, 0.3) is 0 Å². The van der Waals surface area contributed by atoms with Crippen LogP contribution in [0.3, 0.4) is 0 Å². The quantitative estimate of drug-likeness (QED) is 0.808. The number of nitrogens with zero attached hydrogens (tertiary/aromatic N) is 1. The van der Waals surface area contributed by atoms with Gasteiger partial charge >= 0.3 is 5.63 Å². The highest BCUT2D eigenvalue weighted by Crippen LogP contribution is 2.24. The van der Waals surface area contributed by atoms with Gasteiger partial charge in [-0.2, -0.15) is 4.31 Å². The smallest absolute Gasteiger partial charge is 0.339 e. The third kappa shape index (κ3) is 3.94. The average molecular weight is 385 g/mol. The molecule has 1 aromatic heterocycles. The first-order valence-electron chi connectivity index (χ1n) is 7.99. The molecule has 0 N–H and O–H groups in total. The summed E-state index contributed by atoms with van der Waals surface area (Å²) < 4.78 is 63.2. The number of ether oxygens (including phenoxy) is 1. The molecular weight excluding hydrogens is 368 g/mol. The molecule has 3 rings (SSSR count). The van der Waals surface area contributed by atoms with Crippen molar-refractivity contribution in [1.29, 1.82) is 0 Å². The third-order valence-corrected chi connectivity index (χ3v) is 5.99. The molecule has 0 amide bonds. The van der Waals surface area contributed by atoms with Crippen molar-refractivity contribution in [3.8, 4) is 5.75 Å². The molecule has 0 unspecified atom stereocenters. The lowest BCUT2D eigenvalue weighted by atomic mass is 10.1. The largest absolute Gasteiger partial charge is 0.490 e. The summed E-state index contributed by atoms with van der Waals surface area (Å²) >= 11 is 0. The molecule has 140 valence electrons. The fraction of sp³-hybridized carbons (Fsp3) is 0.353. The van der Waals surface area contributed by atoms with Crippen molar-refractivity contribution in [2.75, 3.05) is 13.1 Å². The van der Waals surface area contributed by atoms with E-state index in [0.29, 0.717) is 30.4 Å². The summed E-state index contributed by atoms with van der Waals surface area (Å²) in [5, 5.41) is 0.